The molecule has 1 unspecified atom stereocenters. The number of Topliss-reactive ketones (excluding diaryl/α,β-unsaturated/α-hetero) is 1. The molecule has 1 amide bonds. The second-order valence-corrected chi connectivity index (χ2v) is 7.10. The number of carbonyl (C=O) groups is 2. The topological polar surface area (TPSA) is 57.6 Å². The highest BCUT2D eigenvalue weighted by Crippen LogP contribution is 2.42. The van der Waals surface area contributed by atoms with E-state index < -0.39 is 35.1 Å². The molecular weight excluding hydrogens is 384 g/mol. The number of hydrogen-bond acceptors (Lipinski definition) is 4. The maximum Gasteiger partial charge on any atom is 0.294 e. The van der Waals surface area contributed by atoms with Gasteiger partial charge in [-0.25, -0.2) is 8.78 Å². The molecule has 1 atom stereocenters. The summed E-state index contributed by atoms with van der Waals surface area (Å²) in [6.07, 6.45) is 0. The Balaban J connectivity index is 1.89. The van der Waals surface area contributed by atoms with Crippen LogP contribution < -0.4 is 4.90 Å². The number of thiophene rings is 1. The van der Waals surface area contributed by atoms with Crippen molar-refractivity contribution in [2.45, 2.75) is 6.04 Å². The number of benzene rings is 2. The standard InChI is InChI=1S/C21H13F2NO3S/c22-14-9-8-13(11-15(14)23)24-18(12-5-2-1-3-6-12)17(20(26)21(24)27)19(25)16-7-4-10-28-16/h1-11,18,26H. The number of nitrogens with zero attached hydrogens (tertiary/aromatic N) is 1. The van der Waals surface area contributed by atoms with Crippen LogP contribution in [0.2, 0.25) is 0 Å². The van der Waals surface area contributed by atoms with Crippen LogP contribution in [0.1, 0.15) is 21.3 Å². The molecule has 2 aromatic carbocycles. The number of anilines is 1. The predicted octanol–water partition coefficient (Wildman–Crippen LogP) is 4.81. The first-order chi connectivity index (χ1) is 13.5. The number of aliphatic hydroxyl groups excluding tert-OH is 1. The van der Waals surface area contributed by atoms with Crippen molar-refractivity contribution < 1.29 is 23.5 Å². The van der Waals surface area contributed by atoms with E-state index >= 15 is 0 Å². The van der Waals surface area contributed by atoms with Gasteiger partial charge in [-0.1, -0.05) is 36.4 Å². The zero-order valence-electron chi connectivity index (χ0n) is 14.3. The summed E-state index contributed by atoms with van der Waals surface area (Å²) in [5, 5.41) is 12.2. The van der Waals surface area contributed by atoms with Crippen molar-refractivity contribution in [3.63, 3.8) is 0 Å². The minimum absolute atomic E-state index is 0.0401. The van der Waals surface area contributed by atoms with Gasteiger partial charge in [-0.15, -0.1) is 11.3 Å². The number of amides is 1. The fraction of sp³-hybridized carbons (Fsp3) is 0.0476. The summed E-state index contributed by atoms with van der Waals surface area (Å²) in [4.78, 5) is 27.3. The van der Waals surface area contributed by atoms with Crippen LogP contribution in [-0.2, 0) is 4.79 Å². The molecule has 1 aromatic heterocycles. The molecule has 28 heavy (non-hydrogen) atoms. The molecule has 4 nitrogen and oxygen atoms in total. The Hall–Kier alpha value is -3.32. The Labute approximate surface area is 163 Å². The lowest BCUT2D eigenvalue weighted by Crippen LogP contribution is -2.31. The second kappa shape index (κ2) is 7.01. The molecule has 1 aliphatic heterocycles. The summed E-state index contributed by atoms with van der Waals surface area (Å²) in [5.41, 5.74) is 0.506. The summed E-state index contributed by atoms with van der Waals surface area (Å²) in [6.45, 7) is 0. The lowest BCUT2D eigenvalue weighted by Gasteiger charge is -2.27. The minimum Gasteiger partial charge on any atom is -0.503 e. The number of aliphatic hydroxyl groups is 1. The lowest BCUT2D eigenvalue weighted by atomic mass is 9.95. The molecule has 140 valence electrons. The van der Waals surface area contributed by atoms with Crippen LogP contribution >= 0.6 is 11.3 Å². The summed E-state index contributed by atoms with van der Waals surface area (Å²) < 4.78 is 27.2. The van der Waals surface area contributed by atoms with Crippen LogP contribution in [0.25, 0.3) is 0 Å². The largest absolute Gasteiger partial charge is 0.503 e. The van der Waals surface area contributed by atoms with E-state index in [0.717, 1.165) is 17.0 Å². The minimum atomic E-state index is -1.13. The Bertz CT molecular complexity index is 1090. The lowest BCUT2D eigenvalue weighted by molar-refractivity contribution is -0.117. The molecule has 1 aliphatic rings. The SMILES string of the molecule is O=C(C1=C(O)C(=O)N(c2ccc(F)c(F)c2)C1c1ccccc1)c1cccs1. The number of ketones is 1. The fourth-order valence-electron chi connectivity index (χ4n) is 3.23. The van der Waals surface area contributed by atoms with Gasteiger partial charge in [-0.2, -0.15) is 0 Å². The monoisotopic (exact) mass is 397 g/mol. The number of carbonyl (C=O) groups excluding carboxylic acids is 2. The van der Waals surface area contributed by atoms with Crippen LogP contribution in [0.15, 0.2) is 77.4 Å². The Morgan fingerprint density at radius 2 is 1.75 bits per heavy atom. The van der Waals surface area contributed by atoms with Gasteiger partial charge in [-0.05, 0) is 29.1 Å². The number of halogens is 2. The zero-order valence-corrected chi connectivity index (χ0v) is 15.1. The summed E-state index contributed by atoms with van der Waals surface area (Å²) >= 11 is 1.19. The van der Waals surface area contributed by atoms with Gasteiger partial charge in [0.15, 0.2) is 17.4 Å². The van der Waals surface area contributed by atoms with E-state index in [1.54, 1.807) is 47.8 Å². The first-order valence-corrected chi connectivity index (χ1v) is 9.22. The van der Waals surface area contributed by atoms with Crippen molar-refractivity contribution in [1.29, 1.82) is 0 Å². The van der Waals surface area contributed by atoms with Crippen LogP contribution in [0.5, 0.6) is 0 Å². The summed E-state index contributed by atoms with van der Waals surface area (Å²) in [6, 6.07) is 14.0. The van der Waals surface area contributed by atoms with Crippen molar-refractivity contribution >= 4 is 28.7 Å². The second-order valence-electron chi connectivity index (χ2n) is 6.16. The predicted molar refractivity (Wildman–Crippen MR) is 101 cm³/mol. The van der Waals surface area contributed by atoms with Crippen LogP contribution in [0.3, 0.4) is 0 Å². The maximum atomic E-state index is 13.8. The van der Waals surface area contributed by atoms with E-state index in [1.807, 2.05) is 0 Å². The molecule has 0 radical (unpaired) electrons. The Kier molecular flexibility index (Phi) is 4.52. The first-order valence-electron chi connectivity index (χ1n) is 8.34. The van der Waals surface area contributed by atoms with E-state index in [2.05, 4.69) is 0 Å². The molecule has 2 heterocycles. The van der Waals surface area contributed by atoms with Crippen molar-refractivity contribution in [1.82, 2.24) is 0 Å². The average molecular weight is 397 g/mol. The van der Waals surface area contributed by atoms with E-state index in [-0.39, 0.29) is 11.3 Å². The molecular formula is C21H13F2NO3S. The molecule has 0 saturated carbocycles. The van der Waals surface area contributed by atoms with Gasteiger partial charge >= 0.3 is 0 Å². The summed E-state index contributed by atoms with van der Waals surface area (Å²) in [5.74, 6) is -4.22. The fourth-order valence-corrected chi connectivity index (χ4v) is 3.91. The molecule has 0 spiro atoms. The van der Waals surface area contributed by atoms with Gasteiger partial charge in [0.1, 0.15) is 0 Å². The van der Waals surface area contributed by atoms with Crippen molar-refractivity contribution in [2.75, 3.05) is 4.90 Å². The van der Waals surface area contributed by atoms with Gasteiger partial charge in [0.25, 0.3) is 5.91 Å². The molecule has 0 bridgehead atoms. The number of rotatable bonds is 4. The Morgan fingerprint density at radius 3 is 2.39 bits per heavy atom. The van der Waals surface area contributed by atoms with Gasteiger partial charge in [0.2, 0.25) is 5.78 Å². The first kappa shape index (κ1) is 18.1. The highest BCUT2D eigenvalue weighted by atomic mass is 32.1. The highest BCUT2D eigenvalue weighted by molar-refractivity contribution is 7.12. The van der Waals surface area contributed by atoms with Gasteiger partial charge in [0, 0.05) is 11.8 Å². The smallest absolute Gasteiger partial charge is 0.294 e. The van der Waals surface area contributed by atoms with Gasteiger partial charge in [0.05, 0.1) is 16.5 Å². The van der Waals surface area contributed by atoms with E-state index in [9.17, 15) is 23.5 Å². The molecule has 0 saturated heterocycles. The van der Waals surface area contributed by atoms with Crippen molar-refractivity contribution in [3.8, 4) is 0 Å². The quantitative estimate of drug-likeness (QED) is 0.643. The van der Waals surface area contributed by atoms with Crippen LogP contribution in [0, 0.1) is 11.6 Å². The molecule has 1 N–H and O–H groups in total. The van der Waals surface area contributed by atoms with Crippen LogP contribution in [-0.4, -0.2) is 16.8 Å². The zero-order chi connectivity index (χ0) is 19.8. The van der Waals surface area contributed by atoms with E-state index in [1.165, 1.54) is 17.4 Å². The molecule has 0 fully saturated rings. The average Bonchev–Trinajstić information content (AvgIpc) is 3.32. The number of hydrogen-bond donors (Lipinski definition) is 1. The molecule has 3 aromatic rings. The Morgan fingerprint density at radius 1 is 1.00 bits per heavy atom. The molecule has 7 heteroatoms. The van der Waals surface area contributed by atoms with Gasteiger partial charge in [-0.3, -0.25) is 14.5 Å². The maximum absolute atomic E-state index is 13.8. The van der Waals surface area contributed by atoms with Crippen molar-refractivity contribution in [3.05, 3.63) is 99.5 Å². The third-order valence-corrected chi connectivity index (χ3v) is 5.36. The highest BCUT2D eigenvalue weighted by Gasteiger charge is 2.44. The van der Waals surface area contributed by atoms with Crippen LogP contribution in [0.4, 0.5) is 14.5 Å². The van der Waals surface area contributed by atoms with Gasteiger partial charge < -0.3 is 5.11 Å². The summed E-state index contributed by atoms with van der Waals surface area (Å²) in [7, 11) is 0. The van der Waals surface area contributed by atoms with E-state index in [4.69, 9.17) is 0 Å². The third kappa shape index (κ3) is 2.90. The molecule has 0 aliphatic carbocycles. The van der Waals surface area contributed by atoms with E-state index in [0.29, 0.717) is 10.4 Å². The van der Waals surface area contributed by atoms with Crippen molar-refractivity contribution in [2.24, 2.45) is 0 Å². The molecule has 4 rings (SSSR count). The normalized spacial score (nSPS) is 16.7. The third-order valence-electron chi connectivity index (χ3n) is 4.49.